The Morgan fingerprint density at radius 3 is 2.43 bits per heavy atom. The average molecular weight is 524 g/mol. The molecule has 1 aromatic heterocycles. The summed E-state index contributed by atoms with van der Waals surface area (Å²) in [6.45, 7) is 6.20. The highest BCUT2D eigenvalue weighted by Gasteiger charge is 2.16. The summed E-state index contributed by atoms with van der Waals surface area (Å²) >= 11 is 0. The summed E-state index contributed by atoms with van der Waals surface area (Å²) < 4.78 is 13.2. The Balaban J connectivity index is 0.00000216. The van der Waals surface area contributed by atoms with Crippen molar-refractivity contribution in [2.45, 2.75) is 52.1 Å². The number of ether oxygens (including phenoxy) is 2. The third kappa shape index (κ3) is 7.50. The molecule has 7 nitrogen and oxygen atoms in total. The Bertz CT molecular complexity index is 1080. The SMILES string of the molecule is CCCn1c(CN2CCCCCC2)nc2cc(NC(=O)COc3ccccc3OC)ccc21.Cl.Cl. The maximum absolute atomic E-state index is 12.5. The van der Waals surface area contributed by atoms with Crippen molar-refractivity contribution in [2.24, 2.45) is 0 Å². The van der Waals surface area contributed by atoms with Crippen LogP contribution < -0.4 is 14.8 Å². The quantitative estimate of drug-likeness (QED) is 0.390. The van der Waals surface area contributed by atoms with Gasteiger partial charge in [-0.25, -0.2) is 4.98 Å². The van der Waals surface area contributed by atoms with Gasteiger partial charge >= 0.3 is 0 Å². The average Bonchev–Trinajstić information content (AvgIpc) is 2.98. The molecule has 2 aromatic carbocycles. The molecule has 1 fully saturated rings. The lowest BCUT2D eigenvalue weighted by atomic mass is 10.2. The molecule has 9 heteroatoms. The Labute approximate surface area is 220 Å². The Morgan fingerprint density at radius 1 is 1.03 bits per heavy atom. The van der Waals surface area contributed by atoms with Gasteiger partial charge in [-0.15, -0.1) is 24.8 Å². The number of halogens is 2. The van der Waals surface area contributed by atoms with E-state index in [4.69, 9.17) is 14.5 Å². The van der Waals surface area contributed by atoms with Crippen LogP contribution >= 0.6 is 24.8 Å². The van der Waals surface area contributed by atoms with E-state index in [1.54, 1.807) is 19.2 Å². The number of fused-ring (bicyclic) bond motifs is 1. The van der Waals surface area contributed by atoms with Crippen LogP contribution in [0.4, 0.5) is 5.69 Å². The zero-order chi connectivity index (χ0) is 23.0. The number of aromatic nitrogens is 2. The van der Waals surface area contributed by atoms with Crippen LogP contribution in [-0.4, -0.2) is 47.2 Å². The summed E-state index contributed by atoms with van der Waals surface area (Å²) in [4.78, 5) is 20.0. The van der Waals surface area contributed by atoms with Crippen molar-refractivity contribution in [3.8, 4) is 11.5 Å². The number of rotatable bonds is 9. The number of hydrogen-bond acceptors (Lipinski definition) is 5. The number of nitrogens with one attached hydrogen (secondary N) is 1. The number of amides is 1. The molecule has 2 heterocycles. The van der Waals surface area contributed by atoms with Gasteiger partial charge in [-0.1, -0.05) is 31.9 Å². The van der Waals surface area contributed by atoms with Crippen LogP contribution in [0.3, 0.4) is 0 Å². The van der Waals surface area contributed by atoms with Crippen LogP contribution in [0.5, 0.6) is 11.5 Å². The van der Waals surface area contributed by atoms with E-state index in [1.165, 1.54) is 25.7 Å². The van der Waals surface area contributed by atoms with Gasteiger partial charge in [-0.05, 0) is 62.7 Å². The number of likely N-dealkylation sites (tertiary alicyclic amines) is 1. The highest BCUT2D eigenvalue weighted by atomic mass is 35.5. The number of carbonyl (C=O) groups is 1. The Hall–Kier alpha value is -2.48. The van der Waals surface area contributed by atoms with Crippen molar-refractivity contribution in [2.75, 3.05) is 32.1 Å². The van der Waals surface area contributed by atoms with Crippen LogP contribution in [0, 0.1) is 0 Å². The second-order valence-electron chi connectivity index (χ2n) is 8.56. The third-order valence-electron chi connectivity index (χ3n) is 6.05. The third-order valence-corrected chi connectivity index (χ3v) is 6.05. The molecule has 4 rings (SSSR count). The number of imidazole rings is 1. The predicted molar refractivity (Wildman–Crippen MR) is 145 cm³/mol. The number of methoxy groups -OCH3 is 1. The second-order valence-corrected chi connectivity index (χ2v) is 8.56. The number of aryl methyl sites for hydroxylation is 1. The summed E-state index contributed by atoms with van der Waals surface area (Å²) in [6, 6.07) is 13.2. The van der Waals surface area contributed by atoms with Crippen LogP contribution in [0.1, 0.15) is 44.9 Å². The van der Waals surface area contributed by atoms with E-state index in [-0.39, 0.29) is 37.3 Å². The first kappa shape index (κ1) is 28.8. The standard InChI is InChI=1S/C26H34N4O3.2ClH/c1-3-14-30-22-13-12-20(27-26(31)19-33-24-11-7-6-10-23(24)32-2)17-21(22)28-25(30)18-29-15-8-4-5-9-16-29;;/h6-7,10-13,17H,3-5,8-9,14-16,18-19H2,1-2H3,(H,27,31);2*1H. The van der Waals surface area contributed by atoms with Gasteiger partial charge in [0.05, 0.1) is 24.7 Å². The lowest BCUT2D eigenvalue weighted by Gasteiger charge is -2.20. The van der Waals surface area contributed by atoms with Gasteiger partial charge in [0.15, 0.2) is 18.1 Å². The highest BCUT2D eigenvalue weighted by Crippen LogP contribution is 2.26. The first-order valence-corrected chi connectivity index (χ1v) is 11.9. The maximum Gasteiger partial charge on any atom is 0.262 e. The van der Waals surface area contributed by atoms with Gasteiger partial charge in [0, 0.05) is 12.2 Å². The first-order valence-electron chi connectivity index (χ1n) is 11.9. The first-order chi connectivity index (χ1) is 16.2. The number of para-hydroxylation sites is 2. The molecule has 0 atom stereocenters. The van der Waals surface area contributed by atoms with Gasteiger partial charge < -0.3 is 19.4 Å². The van der Waals surface area contributed by atoms with Crippen LogP contribution in [0.15, 0.2) is 42.5 Å². The lowest BCUT2D eigenvalue weighted by molar-refractivity contribution is -0.118. The Morgan fingerprint density at radius 2 is 1.74 bits per heavy atom. The molecule has 1 N–H and O–H groups in total. The van der Waals surface area contributed by atoms with Crippen molar-refractivity contribution in [1.82, 2.24) is 14.5 Å². The molecule has 1 aliphatic heterocycles. The molecule has 0 unspecified atom stereocenters. The van der Waals surface area contributed by atoms with Gasteiger partial charge in [0.1, 0.15) is 5.82 Å². The molecule has 35 heavy (non-hydrogen) atoms. The molecule has 0 radical (unpaired) electrons. The summed E-state index contributed by atoms with van der Waals surface area (Å²) in [7, 11) is 1.58. The Kier molecular flexibility index (Phi) is 11.6. The monoisotopic (exact) mass is 522 g/mol. The molecule has 3 aromatic rings. The minimum Gasteiger partial charge on any atom is -0.493 e. The summed E-state index contributed by atoms with van der Waals surface area (Å²) in [5.41, 5.74) is 2.75. The fourth-order valence-corrected chi connectivity index (χ4v) is 4.42. The molecular weight excluding hydrogens is 487 g/mol. The van der Waals surface area contributed by atoms with Crippen molar-refractivity contribution >= 4 is 47.4 Å². The van der Waals surface area contributed by atoms with Gasteiger partial charge in [0.25, 0.3) is 5.91 Å². The number of carbonyl (C=O) groups excluding carboxylic acids is 1. The predicted octanol–water partition coefficient (Wildman–Crippen LogP) is 5.69. The molecule has 1 aliphatic rings. The van der Waals surface area contributed by atoms with E-state index >= 15 is 0 Å². The zero-order valence-electron chi connectivity index (χ0n) is 20.5. The molecule has 1 amide bonds. The molecule has 192 valence electrons. The van der Waals surface area contributed by atoms with Crippen molar-refractivity contribution < 1.29 is 14.3 Å². The van der Waals surface area contributed by atoms with Crippen molar-refractivity contribution in [1.29, 1.82) is 0 Å². The van der Waals surface area contributed by atoms with E-state index in [0.29, 0.717) is 11.5 Å². The largest absolute Gasteiger partial charge is 0.493 e. The fraction of sp³-hybridized carbons (Fsp3) is 0.462. The number of hydrogen-bond donors (Lipinski definition) is 1. The van der Waals surface area contributed by atoms with Crippen LogP contribution in [0.2, 0.25) is 0 Å². The summed E-state index contributed by atoms with van der Waals surface area (Å²) in [5, 5.41) is 2.93. The highest BCUT2D eigenvalue weighted by molar-refractivity contribution is 5.94. The lowest BCUT2D eigenvalue weighted by Crippen LogP contribution is -2.26. The molecule has 0 aliphatic carbocycles. The molecule has 1 saturated heterocycles. The van der Waals surface area contributed by atoms with Crippen LogP contribution in [-0.2, 0) is 17.9 Å². The van der Waals surface area contributed by atoms with Crippen molar-refractivity contribution in [3.05, 3.63) is 48.3 Å². The van der Waals surface area contributed by atoms with Crippen molar-refractivity contribution in [3.63, 3.8) is 0 Å². The summed E-state index contributed by atoms with van der Waals surface area (Å²) in [5.74, 6) is 2.03. The van der Waals surface area contributed by atoms with E-state index in [1.807, 2.05) is 24.3 Å². The van der Waals surface area contributed by atoms with Crippen LogP contribution in [0.25, 0.3) is 11.0 Å². The maximum atomic E-state index is 12.5. The normalized spacial score (nSPS) is 13.9. The molecular formula is C26H36Cl2N4O3. The fourth-order valence-electron chi connectivity index (χ4n) is 4.42. The number of benzene rings is 2. The number of anilines is 1. The molecule has 0 spiro atoms. The second kappa shape index (κ2) is 14.2. The van der Waals surface area contributed by atoms with E-state index in [0.717, 1.165) is 55.1 Å². The van der Waals surface area contributed by atoms with E-state index < -0.39 is 0 Å². The minimum absolute atomic E-state index is 0. The van der Waals surface area contributed by atoms with E-state index in [2.05, 4.69) is 27.8 Å². The number of nitrogens with zero attached hydrogens (tertiary/aromatic N) is 3. The van der Waals surface area contributed by atoms with Gasteiger partial charge in [-0.3, -0.25) is 9.69 Å². The zero-order valence-corrected chi connectivity index (χ0v) is 22.1. The van der Waals surface area contributed by atoms with Gasteiger partial charge in [-0.2, -0.15) is 0 Å². The minimum atomic E-state index is -0.224. The molecule has 0 saturated carbocycles. The molecule has 0 bridgehead atoms. The topological polar surface area (TPSA) is 68.6 Å². The van der Waals surface area contributed by atoms with Gasteiger partial charge in [0.2, 0.25) is 0 Å². The smallest absolute Gasteiger partial charge is 0.262 e. The van der Waals surface area contributed by atoms with E-state index in [9.17, 15) is 4.79 Å². The summed E-state index contributed by atoms with van der Waals surface area (Å²) in [6.07, 6.45) is 6.23.